The molecule has 0 saturated carbocycles. The first-order chi connectivity index (χ1) is 13.4. The Bertz CT molecular complexity index is 791. The highest BCUT2D eigenvalue weighted by Crippen LogP contribution is 2.25. The van der Waals surface area contributed by atoms with Crippen molar-refractivity contribution in [3.8, 4) is 5.75 Å². The molecule has 0 radical (unpaired) electrons. The Labute approximate surface area is 160 Å². The molecule has 2 N–H and O–H groups in total. The number of carbonyl (C=O) groups is 1. The number of benzene rings is 2. The van der Waals surface area contributed by atoms with Crippen molar-refractivity contribution in [3.05, 3.63) is 48.5 Å². The number of morpholine rings is 1. The van der Waals surface area contributed by atoms with Crippen molar-refractivity contribution in [3.63, 3.8) is 0 Å². The van der Waals surface area contributed by atoms with Crippen LogP contribution in [0.5, 0.6) is 5.75 Å². The molecule has 0 atom stereocenters. The summed E-state index contributed by atoms with van der Waals surface area (Å²) in [5.74, 6) is -0.669. The SMILES string of the molecule is O=C(CNc1cccc(OC(F)(F)F)c1)Nc1ccc(N2CCOCC2)cc1. The molecule has 1 saturated heterocycles. The van der Waals surface area contributed by atoms with E-state index in [0.717, 1.165) is 18.8 Å². The van der Waals surface area contributed by atoms with Gasteiger partial charge in [-0.2, -0.15) is 0 Å². The van der Waals surface area contributed by atoms with Gasteiger partial charge < -0.3 is 25.0 Å². The van der Waals surface area contributed by atoms with Gasteiger partial charge in [-0.05, 0) is 36.4 Å². The first-order valence-corrected chi connectivity index (χ1v) is 8.71. The highest BCUT2D eigenvalue weighted by molar-refractivity contribution is 5.93. The van der Waals surface area contributed by atoms with Crippen LogP contribution in [0.1, 0.15) is 0 Å². The second kappa shape index (κ2) is 8.83. The zero-order chi connectivity index (χ0) is 20.0. The summed E-state index contributed by atoms with van der Waals surface area (Å²) in [7, 11) is 0. The van der Waals surface area contributed by atoms with Crippen molar-refractivity contribution in [1.29, 1.82) is 0 Å². The quantitative estimate of drug-likeness (QED) is 0.784. The van der Waals surface area contributed by atoms with Gasteiger partial charge in [0.2, 0.25) is 5.91 Å². The molecule has 1 heterocycles. The van der Waals surface area contributed by atoms with Crippen LogP contribution < -0.4 is 20.3 Å². The monoisotopic (exact) mass is 395 g/mol. The third-order valence-corrected chi connectivity index (χ3v) is 4.05. The van der Waals surface area contributed by atoms with Gasteiger partial charge in [0.15, 0.2) is 0 Å². The van der Waals surface area contributed by atoms with Crippen LogP contribution in [0.25, 0.3) is 0 Å². The molecule has 9 heteroatoms. The van der Waals surface area contributed by atoms with E-state index in [9.17, 15) is 18.0 Å². The number of nitrogens with zero attached hydrogens (tertiary/aromatic N) is 1. The maximum absolute atomic E-state index is 12.3. The molecule has 150 valence electrons. The van der Waals surface area contributed by atoms with Crippen LogP contribution in [0, 0.1) is 0 Å². The van der Waals surface area contributed by atoms with Crippen LogP contribution in [-0.2, 0) is 9.53 Å². The molecule has 28 heavy (non-hydrogen) atoms. The fraction of sp³-hybridized carbons (Fsp3) is 0.316. The van der Waals surface area contributed by atoms with E-state index in [4.69, 9.17) is 4.74 Å². The fourth-order valence-electron chi connectivity index (χ4n) is 2.77. The minimum Gasteiger partial charge on any atom is -0.406 e. The van der Waals surface area contributed by atoms with Crippen molar-refractivity contribution in [1.82, 2.24) is 0 Å². The maximum atomic E-state index is 12.3. The van der Waals surface area contributed by atoms with Crippen molar-refractivity contribution in [2.75, 3.05) is 48.4 Å². The predicted molar refractivity (Wildman–Crippen MR) is 99.7 cm³/mol. The number of nitrogens with one attached hydrogen (secondary N) is 2. The van der Waals surface area contributed by atoms with E-state index in [1.807, 2.05) is 12.1 Å². The molecule has 0 spiro atoms. The summed E-state index contributed by atoms with van der Waals surface area (Å²) >= 11 is 0. The summed E-state index contributed by atoms with van der Waals surface area (Å²) in [6.45, 7) is 2.94. The molecule has 1 fully saturated rings. The molecule has 6 nitrogen and oxygen atoms in total. The molecule has 0 unspecified atom stereocenters. The molecular formula is C19H20F3N3O3. The van der Waals surface area contributed by atoms with E-state index in [1.165, 1.54) is 18.2 Å². The Morgan fingerprint density at radius 2 is 1.79 bits per heavy atom. The van der Waals surface area contributed by atoms with Crippen LogP contribution in [0.15, 0.2) is 48.5 Å². The number of alkyl halides is 3. The van der Waals surface area contributed by atoms with E-state index in [1.54, 1.807) is 18.2 Å². The van der Waals surface area contributed by atoms with Gasteiger partial charge >= 0.3 is 6.36 Å². The molecule has 0 aromatic heterocycles. The van der Waals surface area contributed by atoms with Crippen molar-refractivity contribution < 1.29 is 27.4 Å². The van der Waals surface area contributed by atoms with Crippen molar-refractivity contribution >= 4 is 23.0 Å². The van der Waals surface area contributed by atoms with Gasteiger partial charge in [-0.3, -0.25) is 4.79 Å². The standard InChI is InChI=1S/C19H20F3N3O3/c20-19(21,22)28-17-3-1-2-15(12-17)23-13-18(26)24-14-4-6-16(7-5-14)25-8-10-27-11-9-25/h1-7,12,23H,8-11,13H2,(H,24,26). The summed E-state index contributed by atoms with van der Waals surface area (Å²) < 4.78 is 46.0. The minimum absolute atomic E-state index is 0.0965. The van der Waals surface area contributed by atoms with Gasteiger partial charge in [0.1, 0.15) is 5.75 Å². The summed E-state index contributed by atoms with van der Waals surface area (Å²) in [4.78, 5) is 14.3. The summed E-state index contributed by atoms with van der Waals surface area (Å²) in [5, 5.41) is 5.51. The zero-order valence-corrected chi connectivity index (χ0v) is 15.0. The number of halogens is 3. The molecule has 3 rings (SSSR count). The predicted octanol–water partition coefficient (Wildman–Crippen LogP) is 3.47. The van der Waals surface area contributed by atoms with Crippen molar-refractivity contribution in [2.24, 2.45) is 0 Å². The average molecular weight is 395 g/mol. The first-order valence-electron chi connectivity index (χ1n) is 8.71. The van der Waals surface area contributed by atoms with E-state index in [2.05, 4.69) is 20.3 Å². The van der Waals surface area contributed by atoms with Gasteiger partial charge in [0.25, 0.3) is 0 Å². The van der Waals surface area contributed by atoms with Crippen LogP contribution in [0.2, 0.25) is 0 Å². The van der Waals surface area contributed by atoms with Crippen molar-refractivity contribution in [2.45, 2.75) is 6.36 Å². The molecule has 1 aliphatic heterocycles. The number of amides is 1. The highest BCUT2D eigenvalue weighted by Gasteiger charge is 2.31. The molecule has 2 aromatic carbocycles. The molecular weight excluding hydrogens is 375 g/mol. The zero-order valence-electron chi connectivity index (χ0n) is 15.0. The highest BCUT2D eigenvalue weighted by atomic mass is 19.4. The largest absolute Gasteiger partial charge is 0.573 e. The molecule has 2 aromatic rings. The first kappa shape index (κ1) is 19.8. The number of carbonyl (C=O) groups excluding carboxylic acids is 1. The smallest absolute Gasteiger partial charge is 0.406 e. The normalized spacial score (nSPS) is 14.5. The van der Waals surface area contributed by atoms with Crippen LogP contribution in [-0.4, -0.2) is 45.1 Å². The van der Waals surface area contributed by atoms with Gasteiger partial charge in [-0.1, -0.05) is 6.07 Å². The Balaban J connectivity index is 1.49. The topological polar surface area (TPSA) is 62.8 Å². The third-order valence-electron chi connectivity index (χ3n) is 4.05. The van der Waals surface area contributed by atoms with Gasteiger partial charge in [0.05, 0.1) is 19.8 Å². The lowest BCUT2D eigenvalue weighted by molar-refractivity contribution is -0.274. The van der Waals surface area contributed by atoms with Gasteiger partial charge in [0, 0.05) is 36.2 Å². The average Bonchev–Trinajstić information content (AvgIpc) is 2.67. The molecule has 1 aliphatic rings. The summed E-state index contributed by atoms with van der Waals surface area (Å²) in [5.41, 5.74) is 2.04. The van der Waals surface area contributed by atoms with Crippen LogP contribution in [0.3, 0.4) is 0 Å². The van der Waals surface area contributed by atoms with E-state index in [-0.39, 0.29) is 18.2 Å². The van der Waals surface area contributed by atoms with Gasteiger partial charge in [-0.15, -0.1) is 13.2 Å². The lowest BCUT2D eigenvalue weighted by Crippen LogP contribution is -2.36. The second-order valence-corrected chi connectivity index (χ2v) is 6.12. The molecule has 1 amide bonds. The number of hydrogen-bond donors (Lipinski definition) is 2. The molecule has 0 aliphatic carbocycles. The Hall–Kier alpha value is -2.94. The fourth-order valence-corrected chi connectivity index (χ4v) is 2.77. The number of anilines is 3. The van der Waals surface area contributed by atoms with Crippen LogP contribution in [0.4, 0.5) is 30.2 Å². The number of hydrogen-bond acceptors (Lipinski definition) is 5. The lowest BCUT2D eigenvalue weighted by Gasteiger charge is -2.28. The Morgan fingerprint density at radius 3 is 2.46 bits per heavy atom. The summed E-state index contributed by atoms with van der Waals surface area (Å²) in [6.07, 6.45) is -4.76. The number of ether oxygens (including phenoxy) is 2. The lowest BCUT2D eigenvalue weighted by atomic mass is 10.2. The minimum atomic E-state index is -4.76. The van der Waals surface area contributed by atoms with E-state index >= 15 is 0 Å². The Kier molecular flexibility index (Phi) is 6.25. The van der Waals surface area contributed by atoms with E-state index < -0.39 is 6.36 Å². The van der Waals surface area contributed by atoms with E-state index in [0.29, 0.717) is 24.6 Å². The van der Waals surface area contributed by atoms with Crippen LogP contribution >= 0.6 is 0 Å². The maximum Gasteiger partial charge on any atom is 0.573 e. The second-order valence-electron chi connectivity index (χ2n) is 6.12. The molecule has 0 bridgehead atoms. The Morgan fingerprint density at radius 1 is 1.07 bits per heavy atom. The van der Waals surface area contributed by atoms with Gasteiger partial charge in [-0.25, -0.2) is 0 Å². The summed E-state index contributed by atoms with van der Waals surface area (Å²) in [6, 6.07) is 12.8. The third kappa shape index (κ3) is 6.05. The number of rotatable bonds is 6.